The van der Waals surface area contributed by atoms with E-state index in [2.05, 4.69) is 4.40 Å². The predicted molar refractivity (Wildman–Crippen MR) is 99.5 cm³/mol. The van der Waals surface area contributed by atoms with Crippen molar-refractivity contribution in [3.05, 3.63) is 63.6 Å². The Kier molecular flexibility index (Phi) is 5.22. The molecule has 0 radical (unpaired) electrons. The average molecular weight is 413 g/mol. The van der Waals surface area contributed by atoms with Gasteiger partial charge in [0.25, 0.3) is 10.0 Å². The van der Waals surface area contributed by atoms with E-state index in [1.54, 1.807) is 36.2 Å². The second kappa shape index (κ2) is 7.26. The Morgan fingerprint density at radius 2 is 1.92 bits per heavy atom. The van der Waals surface area contributed by atoms with E-state index < -0.39 is 16.0 Å². The lowest BCUT2D eigenvalue weighted by atomic mass is 10.2. The normalized spacial score (nSPS) is 14.5. The van der Waals surface area contributed by atoms with Crippen molar-refractivity contribution in [3.63, 3.8) is 0 Å². The van der Waals surface area contributed by atoms with Gasteiger partial charge >= 0.3 is 5.97 Å². The zero-order valence-electron chi connectivity index (χ0n) is 13.6. The number of hydrogen-bond donors (Lipinski definition) is 0. The third-order valence-electron chi connectivity index (χ3n) is 3.78. The number of ether oxygens (including phenoxy) is 1. The lowest BCUT2D eigenvalue weighted by Crippen LogP contribution is -2.30. The number of carbonyl (C=O) groups excluding carboxylic acids is 1. The molecule has 136 valence electrons. The number of nitrogens with zero attached hydrogens (tertiary/aromatic N) is 2. The molecule has 26 heavy (non-hydrogen) atoms. The van der Waals surface area contributed by atoms with Crippen molar-refractivity contribution in [1.82, 2.24) is 4.90 Å². The fourth-order valence-corrected chi connectivity index (χ4v) is 4.21. The molecule has 1 aliphatic heterocycles. The highest BCUT2D eigenvalue weighted by Crippen LogP contribution is 2.27. The Morgan fingerprint density at radius 3 is 2.65 bits per heavy atom. The van der Waals surface area contributed by atoms with Gasteiger partial charge in [0.05, 0.1) is 17.1 Å². The molecule has 0 unspecified atom stereocenters. The van der Waals surface area contributed by atoms with Crippen LogP contribution in [0.3, 0.4) is 0 Å². The minimum Gasteiger partial charge on any atom is -0.460 e. The van der Waals surface area contributed by atoms with Crippen LogP contribution >= 0.6 is 23.2 Å². The highest BCUT2D eigenvalue weighted by atomic mass is 35.5. The summed E-state index contributed by atoms with van der Waals surface area (Å²) in [6.07, 6.45) is 0. The van der Waals surface area contributed by atoms with E-state index in [1.165, 1.54) is 18.2 Å². The number of halogens is 2. The maximum atomic E-state index is 12.1. The third-order valence-corrected chi connectivity index (χ3v) is 5.66. The molecule has 0 atom stereocenters. The molecule has 0 bridgehead atoms. The van der Waals surface area contributed by atoms with Crippen LogP contribution < -0.4 is 0 Å². The topological polar surface area (TPSA) is 76.0 Å². The van der Waals surface area contributed by atoms with E-state index in [9.17, 15) is 13.2 Å². The number of benzene rings is 2. The second-order valence-electron chi connectivity index (χ2n) is 5.57. The summed E-state index contributed by atoms with van der Waals surface area (Å²) in [6, 6.07) is 11.1. The number of hydrogen-bond acceptors (Lipinski definition) is 5. The monoisotopic (exact) mass is 412 g/mol. The summed E-state index contributed by atoms with van der Waals surface area (Å²) in [7, 11) is -2.01. The van der Waals surface area contributed by atoms with E-state index >= 15 is 0 Å². The zero-order chi connectivity index (χ0) is 18.9. The molecule has 2 aromatic carbocycles. The number of esters is 1. The van der Waals surface area contributed by atoms with Crippen LogP contribution in [0.25, 0.3) is 0 Å². The first kappa shape index (κ1) is 18.7. The van der Waals surface area contributed by atoms with Crippen molar-refractivity contribution in [3.8, 4) is 0 Å². The highest BCUT2D eigenvalue weighted by molar-refractivity contribution is 7.90. The Balaban J connectivity index is 1.65. The first-order valence-corrected chi connectivity index (χ1v) is 9.77. The molecule has 2 aromatic rings. The highest BCUT2D eigenvalue weighted by Gasteiger charge is 2.30. The van der Waals surface area contributed by atoms with Crippen molar-refractivity contribution >= 4 is 45.0 Å². The van der Waals surface area contributed by atoms with Crippen molar-refractivity contribution in [2.24, 2.45) is 4.40 Å². The smallest absolute Gasteiger partial charge is 0.339 e. The Morgan fingerprint density at radius 1 is 1.19 bits per heavy atom. The van der Waals surface area contributed by atoms with Gasteiger partial charge in [0, 0.05) is 17.6 Å². The molecule has 1 aliphatic rings. The van der Waals surface area contributed by atoms with Gasteiger partial charge in [0.1, 0.15) is 11.5 Å². The first-order valence-electron chi connectivity index (χ1n) is 7.57. The summed E-state index contributed by atoms with van der Waals surface area (Å²) in [4.78, 5) is 13.9. The van der Waals surface area contributed by atoms with Gasteiger partial charge < -0.3 is 9.64 Å². The van der Waals surface area contributed by atoms with Gasteiger partial charge in [-0.05, 0) is 30.3 Å². The van der Waals surface area contributed by atoms with Gasteiger partial charge in [-0.3, -0.25) is 0 Å². The summed E-state index contributed by atoms with van der Waals surface area (Å²) in [5, 5.41) is 0.626. The van der Waals surface area contributed by atoms with Crippen LogP contribution in [0.4, 0.5) is 0 Å². The maximum Gasteiger partial charge on any atom is 0.339 e. The molecule has 1 heterocycles. The molecule has 6 nitrogen and oxygen atoms in total. The molecule has 0 saturated heterocycles. The summed E-state index contributed by atoms with van der Waals surface area (Å²) < 4.78 is 33.2. The van der Waals surface area contributed by atoms with Crippen molar-refractivity contribution in [2.45, 2.75) is 4.90 Å². The lowest BCUT2D eigenvalue weighted by Gasteiger charge is -2.18. The van der Waals surface area contributed by atoms with Gasteiger partial charge in [-0.15, -0.1) is 4.40 Å². The van der Waals surface area contributed by atoms with Crippen LogP contribution in [0.2, 0.25) is 10.0 Å². The molecule has 0 aromatic heterocycles. The number of likely N-dealkylation sites (N-methyl/N-ethyl adjacent to an activating group) is 1. The number of amidine groups is 1. The lowest BCUT2D eigenvalue weighted by molar-refractivity contribution is 0.0492. The Hall–Kier alpha value is -2.09. The fourth-order valence-electron chi connectivity index (χ4n) is 2.48. The summed E-state index contributed by atoms with van der Waals surface area (Å²) >= 11 is 11.8. The fraction of sp³-hybridized carbons (Fsp3) is 0.176. The van der Waals surface area contributed by atoms with Crippen molar-refractivity contribution in [1.29, 1.82) is 0 Å². The number of fused-ring (bicyclic) bond motifs is 1. The number of carbonyl (C=O) groups is 1. The standard InChI is InChI=1S/C17H14Cl2N2O4S/c1-21(16-13-4-2-3-5-15(13)26(23,24)20-16)8-9-25-17(22)12-7-6-11(18)10-14(12)19/h2-7,10H,8-9H2,1H3. The van der Waals surface area contributed by atoms with Crippen LogP contribution in [0.1, 0.15) is 15.9 Å². The summed E-state index contributed by atoms with van der Waals surface area (Å²) in [5.41, 5.74) is 0.743. The van der Waals surface area contributed by atoms with Gasteiger partial charge in [0.2, 0.25) is 0 Å². The molecule has 0 spiro atoms. The minimum absolute atomic E-state index is 0.0372. The van der Waals surface area contributed by atoms with Gasteiger partial charge in [-0.25, -0.2) is 4.79 Å². The van der Waals surface area contributed by atoms with E-state index in [4.69, 9.17) is 27.9 Å². The molecule has 0 aliphatic carbocycles. The quantitative estimate of drug-likeness (QED) is 0.720. The van der Waals surface area contributed by atoms with E-state index in [0.29, 0.717) is 16.4 Å². The molecule has 9 heteroatoms. The Bertz CT molecular complexity index is 1010. The van der Waals surface area contributed by atoms with E-state index in [0.717, 1.165) is 0 Å². The molecule has 3 rings (SSSR count). The Labute approximate surface area is 161 Å². The molecule has 0 N–H and O–H groups in total. The van der Waals surface area contributed by atoms with Crippen LogP contribution in [-0.2, 0) is 14.8 Å². The SMILES string of the molecule is CN(CCOC(=O)c1ccc(Cl)cc1Cl)C1=NS(=O)(=O)c2ccccc21. The molecular formula is C17H14Cl2N2O4S. The zero-order valence-corrected chi connectivity index (χ0v) is 16.0. The molecular weight excluding hydrogens is 399 g/mol. The number of rotatable bonds is 4. The van der Waals surface area contributed by atoms with E-state index in [-0.39, 0.29) is 28.6 Å². The van der Waals surface area contributed by atoms with Gasteiger partial charge in [0.15, 0.2) is 5.84 Å². The van der Waals surface area contributed by atoms with Crippen molar-refractivity contribution < 1.29 is 17.9 Å². The molecule has 0 fully saturated rings. The van der Waals surface area contributed by atoms with Gasteiger partial charge in [-0.2, -0.15) is 8.42 Å². The van der Waals surface area contributed by atoms with Gasteiger partial charge in [-0.1, -0.05) is 35.3 Å². The maximum absolute atomic E-state index is 12.1. The average Bonchev–Trinajstić information content (AvgIpc) is 2.86. The second-order valence-corrected chi connectivity index (χ2v) is 7.98. The number of sulfonamides is 1. The summed E-state index contributed by atoms with van der Waals surface area (Å²) in [5.74, 6) is -0.261. The first-order chi connectivity index (χ1) is 12.3. The van der Waals surface area contributed by atoms with Crippen LogP contribution in [-0.4, -0.2) is 45.3 Å². The van der Waals surface area contributed by atoms with Crippen LogP contribution in [0, 0.1) is 0 Å². The predicted octanol–water partition coefficient (Wildman–Crippen LogP) is 3.23. The van der Waals surface area contributed by atoms with Crippen LogP contribution in [0.5, 0.6) is 0 Å². The molecule has 0 saturated carbocycles. The minimum atomic E-state index is -3.69. The van der Waals surface area contributed by atoms with Crippen LogP contribution in [0.15, 0.2) is 51.8 Å². The molecule has 0 amide bonds. The largest absolute Gasteiger partial charge is 0.460 e. The van der Waals surface area contributed by atoms with Crippen molar-refractivity contribution in [2.75, 3.05) is 20.2 Å². The summed E-state index contributed by atoms with van der Waals surface area (Å²) in [6.45, 7) is 0.301. The van der Waals surface area contributed by atoms with E-state index in [1.807, 2.05) is 0 Å². The third kappa shape index (κ3) is 3.70.